The average Bonchev–Trinajstić information content (AvgIpc) is 2.70. The predicted octanol–water partition coefficient (Wildman–Crippen LogP) is 3.21. The summed E-state index contributed by atoms with van der Waals surface area (Å²) >= 11 is 4.65. The summed E-state index contributed by atoms with van der Waals surface area (Å²) < 4.78 is 5.74. The first kappa shape index (κ1) is 13.0. The fourth-order valence-electron chi connectivity index (χ4n) is 1.46. The van der Waals surface area contributed by atoms with Crippen molar-refractivity contribution in [2.45, 2.75) is 6.42 Å². The summed E-state index contributed by atoms with van der Waals surface area (Å²) in [6.07, 6.45) is -0.0256. The summed E-state index contributed by atoms with van der Waals surface area (Å²) in [5, 5.41) is 9.57. The van der Waals surface area contributed by atoms with E-state index < -0.39 is 5.97 Å². The lowest BCUT2D eigenvalue weighted by Gasteiger charge is -2.00. The van der Waals surface area contributed by atoms with Crippen LogP contribution in [0.15, 0.2) is 28.9 Å². The molecule has 1 aromatic heterocycles. The first-order valence-electron chi connectivity index (χ1n) is 5.11. The number of aliphatic carboxylic acids is 1. The molecule has 0 atom stereocenters. The molecule has 1 aromatic carbocycles. The minimum atomic E-state index is -0.864. The summed E-state index contributed by atoms with van der Waals surface area (Å²) in [6.45, 7) is 0. The van der Waals surface area contributed by atoms with Crippen LogP contribution in [0.3, 0.4) is 0 Å². The topological polar surface area (TPSA) is 59.4 Å². The maximum absolute atomic E-state index is 10.7. The van der Waals surface area contributed by atoms with Crippen LogP contribution in [0.4, 0.5) is 0 Å². The Morgan fingerprint density at radius 1 is 1.56 bits per heavy atom. The fraction of sp³-hybridized carbons (Fsp3) is 0.167. The lowest BCUT2D eigenvalue weighted by Crippen LogP contribution is -1.98. The van der Waals surface area contributed by atoms with Gasteiger partial charge in [0.1, 0.15) is 15.4 Å². The lowest BCUT2D eigenvalue weighted by molar-refractivity contribution is -0.136. The highest BCUT2D eigenvalue weighted by molar-refractivity contribution is 9.10. The van der Waals surface area contributed by atoms with E-state index >= 15 is 0 Å². The minimum Gasteiger partial charge on any atom is -0.497 e. The number of hydrogen-bond acceptors (Lipinski definition) is 4. The molecule has 0 aliphatic heterocycles. The van der Waals surface area contributed by atoms with Gasteiger partial charge in [-0.3, -0.25) is 4.79 Å². The molecule has 0 radical (unpaired) electrons. The zero-order chi connectivity index (χ0) is 13.1. The van der Waals surface area contributed by atoms with Crippen molar-refractivity contribution < 1.29 is 14.6 Å². The van der Waals surface area contributed by atoms with Gasteiger partial charge in [0.15, 0.2) is 0 Å². The van der Waals surface area contributed by atoms with Crippen molar-refractivity contribution in [1.29, 1.82) is 0 Å². The summed E-state index contributed by atoms with van der Waals surface area (Å²) in [4.78, 5) is 15.7. The Morgan fingerprint density at radius 3 is 3.00 bits per heavy atom. The summed E-state index contributed by atoms with van der Waals surface area (Å²) in [6, 6.07) is 7.51. The van der Waals surface area contributed by atoms with E-state index in [2.05, 4.69) is 20.9 Å². The number of halogens is 1. The van der Waals surface area contributed by atoms with Crippen LogP contribution in [-0.2, 0) is 11.2 Å². The molecule has 4 nitrogen and oxygen atoms in total. The normalized spacial score (nSPS) is 10.3. The van der Waals surface area contributed by atoms with E-state index in [4.69, 9.17) is 9.84 Å². The van der Waals surface area contributed by atoms with Crippen molar-refractivity contribution in [3.8, 4) is 16.3 Å². The Morgan fingerprint density at radius 2 is 2.33 bits per heavy atom. The van der Waals surface area contributed by atoms with Gasteiger partial charge in [-0.25, -0.2) is 4.98 Å². The van der Waals surface area contributed by atoms with Gasteiger partial charge in [0.2, 0.25) is 0 Å². The molecule has 0 spiro atoms. The molecule has 0 bridgehead atoms. The predicted molar refractivity (Wildman–Crippen MR) is 73.1 cm³/mol. The molecule has 0 aliphatic rings. The van der Waals surface area contributed by atoms with Crippen LogP contribution in [0.1, 0.15) is 4.88 Å². The molecule has 0 saturated carbocycles. The second kappa shape index (κ2) is 5.49. The van der Waals surface area contributed by atoms with Gasteiger partial charge >= 0.3 is 5.97 Å². The molecule has 0 unspecified atom stereocenters. The molecule has 1 N–H and O–H groups in total. The molecule has 6 heteroatoms. The standard InChI is InChI=1S/C12H10BrNO3S/c1-17-8-4-2-3-7(5-8)12-14-11(13)9(18-12)6-10(15)16/h2-5H,6H2,1H3,(H,15,16). The number of aromatic nitrogens is 1. The van der Waals surface area contributed by atoms with Crippen molar-refractivity contribution in [2.24, 2.45) is 0 Å². The number of rotatable bonds is 4. The van der Waals surface area contributed by atoms with Gasteiger partial charge in [-0.05, 0) is 28.1 Å². The number of benzene rings is 1. The molecule has 0 amide bonds. The number of hydrogen-bond donors (Lipinski definition) is 1. The number of nitrogens with zero attached hydrogens (tertiary/aromatic N) is 1. The molecule has 94 valence electrons. The fourth-order valence-corrected chi connectivity index (χ4v) is 3.08. The van der Waals surface area contributed by atoms with E-state index in [1.807, 2.05) is 24.3 Å². The second-order valence-electron chi connectivity index (χ2n) is 3.54. The lowest BCUT2D eigenvalue weighted by atomic mass is 10.2. The molecule has 2 rings (SSSR count). The van der Waals surface area contributed by atoms with E-state index in [0.717, 1.165) is 16.3 Å². The van der Waals surface area contributed by atoms with Gasteiger partial charge in [-0.2, -0.15) is 0 Å². The highest BCUT2D eigenvalue weighted by atomic mass is 79.9. The van der Waals surface area contributed by atoms with Crippen LogP contribution in [0.5, 0.6) is 5.75 Å². The zero-order valence-corrected chi connectivity index (χ0v) is 11.9. The van der Waals surface area contributed by atoms with Gasteiger partial charge in [-0.15, -0.1) is 11.3 Å². The summed E-state index contributed by atoms with van der Waals surface area (Å²) in [5.74, 6) is -0.116. The van der Waals surface area contributed by atoms with Crippen LogP contribution >= 0.6 is 27.3 Å². The Bertz CT molecular complexity index is 582. The third-order valence-electron chi connectivity index (χ3n) is 2.28. The number of thiazole rings is 1. The van der Waals surface area contributed by atoms with E-state index in [-0.39, 0.29) is 6.42 Å². The number of carboxylic acids is 1. The Balaban J connectivity index is 2.35. The molecular formula is C12H10BrNO3S. The van der Waals surface area contributed by atoms with E-state index in [1.165, 1.54) is 11.3 Å². The molecular weight excluding hydrogens is 318 g/mol. The minimum absolute atomic E-state index is 0.0256. The van der Waals surface area contributed by atoms with Crippen LogP contribution < -0.4 is 4.74 Å². The van der Waals surface area contributed by atoms with Gasteiger partial charge in [0.05, 0.1) is 18.4 Å². The summed E-state index contributed by atoms with van der Waals surface area (Å²) in [7, 11) is 1.60. The monoisotopic (exact) mass is 327 g/mol. The molecule has 0 fully saturated rings. The van der Waals surface area contributed by atoms with Crippen molar-refractivity contribution >= 4 is 33.2 Å². The number of carbonyl (C=O) groups is 1. The van der Waals surface area contributed by atoms with Crippen LogP contribution in [0.2, 0.25) is 0 Å². The second-order valence-corrected chi connectivity index (χ2v) is 5.37. The van der Waals surface area contributed by atoms with Crippen molar-refractivity contribution in [3.05, 3.63) is 33.7 Å². The highest BCUT2D eigenvalue weighted by Crippen LogP contribution is 2.32. The Kier molecular flexibility index (Phi) is 3.98. The average molecular weight is 328 g/mol. The van der Waals surface area contributed by atoms with Gasteiger partial charge < -0.3 is 9.84 Å². The first-order chi connectivity index (χ1) is 8.60. The third kappa shape index (κ3) is 2.88. The zero-order valence-electron chi connectivity index (χ0n) is 9.51. The van der Waals surface area contributed by atoms with Gasteiger partial charge in [-0.1, -0.05) is 12.1 Å². The summed E-state index contributed by atoms with van der Waals surface area (Å²) in [5.41, 5.74) is 0.914. The third-order valence-corrected chi connectivity index (χ3v) is 4.30. The maximum Gasteiger partial charge on any atom is 0.308 e. The molecule has 2 aromatic rings. The van der Waals surface area contributed by atoms with Crippen LogP contribution in [0.25, 0.3) is 10.6 Å². The molecule has 1 heterocycles. The molecule has 0 aliphatic carbocycles. The SMILES string of the molecule is COc1cccc(-c2nc(Br)c(CC(=O)O)s2)c1. The Labute approximate surface area is 116 Å². The maximum atomic E-state index is 10.7. The number of methoxy groups -OCH3 is 1. The van der Waals surface area contributed by atoms with Crippen molar-refractivity contribution in [1.82, 2.24) is 4.98 Å². The molecule has 18 heavy (non-hydrogen) atoms. The Hall–Kier alpha value is -1.40. The quantitative estimate of drug-likeness (QED) is 0.936. The first-order valence-corrected chi connectivity index (χ1v) is 6.72. The molecule has 0 saturated heterocycles. The highest BCUT2D eigenvalue weighted by Gasteiger charge is 2.13. The van der Waals surface area contributed by atoms with Gasteiger partial charge in [0, 0.05) is 5.56 Å². The smallest absolute Gasteiger partial charge is 0.308 e. The van der Waals surface area contributed by atoms with E-state index in [0.29, 0.717) is 9.48 Å². The number of carboxylic acid groups (broad SMARTS) is 1. The van der Waals surface area contributed by atoms with Crippen LogP contribution in [-0.4, -0.2) is 23.2 Å². The van der Waals surface area contributed by atoms with Crippen molar-refractivity contribution in [3.63, 3.8) is 0 Å². The van der Waals surface area contributed by atoms with Gasteiger partial charge in [0.25, 0.3) is 0 Å². The van der Waals surface area contributed by atoms with E-state index in [9.17, 15) is 4.79 Å². The van der Waals surface area contributed by atoms with Crippen LogP contribution in [0, 0.1) is 0 Å². The van der Waals surface area contributed by atoms with E-state index in [1.54, 1.807) is 7.11 Å². The number of ether oxygens (including phenoxy) is 1. The van der Waals surface area contributed by atoms with Crippen molar-refractivity contribution in [2.75, 3.05) is 7.11 Å². The largest absolute Gasteiger partial charge is 0.497 e.